The van der Waals surface area contributed by atoms with Crippen molar-refractivity contribution < 1.29 is 4.52 Å². The Kier molecular flexibility index (Phi) is 3.49. The van der Waals surface area contributed by atoms with E-state index in [1.807, 2.05) is 0 Å². The summed E-state index contributed by atoms with van der Waals surface area (Å²) >= 11 is 0. The molecule has 2 aromatic rings. The minimum atomic E-state index is 0.225. The van der Waals surface area contributed by atoms with Gasteiger partial charge < -0.3 is 4.52 Å². The Hall–Kier alpha value is -1.68. The van der Waals surface area contributed by atoms with Crippen molar-refractivity contribution >= 4 is 0 Å². The highest BCUT2D eigenvalue weighted by Crippen LogP contribution is 2.39. The van der Waals surface area contributed by atoms with Gasteiger partial charge in [-0.2, -0.15) is 4.98 Å². The maximum absolute atomic E-state index is 5.38. The maximum Gasteiger partial charge on any atom is 0.229 e. The summed E-state index contributed by atoms with van der Waals surface area (Å²) in [6, 6.07) is 10.9. The Morgan fingerprint density at radius 2 is 2.09 bits per heavy atom. The molecule has 0 bridgehead atoms. The zero-order valence-corrected chi connectivity index (χ0v) is 13.2. The summed E-state index contributed by atoms with van der Waals surface area (Å²) in [4.78, 5) is 7.04. The van der Waals surface area contributed by atoms with Crippen LogP contribution in [0.2, 0.25) is 0 Å². The van der Waals surface area contributed by atoms with Gasteiger partial charge in [-0.25, -0.2) is 0 Å². The molecule has 1 aliphatic heterocycles. The molecule has 1 saturated carbocycles. The van der Waals surface area contributed by atoms with Gasteiger partial charge in [0, 0.05) is 17.9 Å². The molecule has 0 amide bonds. The molecule has 0 unspecified atom stereocenters. The first-order valence-corrected chi connectivity index (χ1v) is 8.33. The molecule has 4 nitrogen and oxygen atoms in total. The van der Waals surface area contributed by atoms with Gasteiger partial charge in [-0.1, -0.05) is 42.4 Å². The van der Waals surface area contributed by atoms with Crippen LogP contribution in [0, 0.1) is 0 Å². The van der Waals surface area contributed by atoms with E-state index in [0.717, 1.165) is 31.3 Å². The van der Waals surface area contributed by atoms with Crippen LogP contribution in [0.3, 0.4) is 0 Å². The zero-order valence-electron chi connectivity index (χ0n) is 13.2. The van der Waals surface area contributed by atoms with Gasteiger partial charge in [0.25, 0.3) is 0 Å². The van der Waals surface area contributed by atoms with Crippen molar-refractivity contribution in [1.82, 2.24) is 15.0 Å². The van der Waals surface area contributed by atoms with Crippen LogP contribution in [-0.2, 0) is 12.0 Å². The molecule has 1 aromatic carbocycles. The molecule has 1 atom stereocenters. The standard InChI is InChI=1S/C18H23N3O/c1-18(15-6-3-2-4-7-15)10-5-11-21(13-18)12-16-19-17(22-20-16)14-8-9-14/h2-4,6-7,14H,5,8-13H2,1H3/t18-/m0/s1. The molecule has 0 spiro atoms. The molecule has 1 aliphatic carbocycles. The summed E-state index contributed by atoms with van der Waals surface area (Å²) in [6.07, 6.45) is 4.88. The molecule has 1 saturated heterocycles. The molecule has 2 aliphatic rings. The van der Waals surface area contributed by atoms with Crippen molar-refractivity contribution in [3.05, 3.63) is 47.6 Å². The second-order valence-corrected chi connectivity index (χ2v) is 7.06. The van der Waals surface area contributed by atoms with Crippen LogP contribution in [0.15, 0.2) is 34.9 Å². The van der Waals surface area contributed by atoms with Gasteiger partial charge in [-0.05, 0) is 37.8 Å². The fourth-order valence-corrected chi connectivity index (χ4v) is 3.58. The van der Waals surface area contributed by atoms with E-state index in [1.54, 1.807) is 0 Å². The minimum Gasteiger partial charge on any atom is -0.339 e. The number of benzene rings is 1. The summed E-state index contributed by atoms with van der Waals surface area (Å²) in [5.74, 6) is 2.23. The molecule has 0 N–H and O–H groups in total. The van der Waals surface area contributed by atoms with Crippen molar-refractivity contribution in [2.75, 3.05) is 13.1 Å². The third kappa shape index (κ3) is 2.80. The monoisotopic (exact) mass is 297 g/mol. The normalized spacial score (nSPS) is 26.2. The first-order chi connectivity index (χ1) is 10.7. The molecule has 2 fully saturated rings. The minimum absolute atomic E-state index is 0.225. The third-order valence-electron chi connectivity index (χ3n) is 5.02. The predicted octanol–water partition coefficient (Wildman–Crippen LogP) is 3.50. The van der Waals surface area contributed by atoms with Gasteiger partial charge in [0.15, 0.2) is 5.82 Å². The maximum atomic E-state index is 5.38. The van der Waals surface area contributed by atoms with Gasteiger partial charge >= 0.3 is 0 Å². The topological polar surface area (TPSA) is 42.2 Å². The van der Waals surface area contributed by atoms with Gasteiger partial charge in [0.2, 0.25) is 5.89 Å². The molecule has 116 valence electrons. The Morgan fingerprint density at radius 3 is 2.86 bits per heavy atom. The first kappa shape index (κ1) is 13.9. The van der Waals surface area contributed by atoms with E-state index in [1.165, 1.54) is 31.2 Å². The lowest BCUT2D eigenvalue weighted by Gasteiger charge is -2.40. The summed E-state index contributed by atoms with van der Waals surface area (Å²) in [5, 5.41) is 4.16. The summed E-state index contributed by atoms with van der Waals surface area (Å²) in [5.41, 5.74) is 1.66. The van der Waals surface area contributed by atoms with Crippen LogP contribution in [0.5, 0.6) is 0 Å². The average Bonchev–Trinajstić information content (AvgIpc) is 3.29. The largest absolute Gasteiger partial charge is 0.339 e. The van der Waals surface area contributed by atoms with E-state index in [0.29, 0.717) is 5.92 Å². The zero-order chi connectivity index (χ0) is 15.0. The van der Waals surface area contributed by atoms with E-state index in [4.69, 9.17) is 4.52 Å². The van der Waals surface area contributed by atoms with Crippen LogP contribution in [0.25, 0.3) is 0 Å². The molecule has 4 heteroatoms. The highest BCUT2D eigenvalue weighted by atomic mass is 16.5. The van der Waals surface area contributed by atoms with Crippen molar-refractivity contribution in [2.45, 2.75) is 50.5 Å². The molecule has 4 rings (SSSR count). The van der Waals surface area contributed by atoms with Gasteiger partial charge in [-0.3, -0.25) is 4.90 Å². The lowest BCUT2D eigenvalue weighted by atomic mass is 9.76. The summed E-state index contributed by atoms with van der Waals surface area (Å²) < 4.78 is 5.38. The Labute approximate surface area is 131 Å². The first-order valence-electron chi connectivity index (χ1n) is 8.33. The molecule has 0 radical (unpaired) electrons. The van der Waals surface area contributed by atoms with E-state index in [-0.39, 0.29) is 5.41 Å². The third-order valence-corrected chi connectivity index (χ3v) is 5.02. The number of hydrogen-bond donors (Lipinski definition) is 0. The van der Waals surface area contributed by atoms with Crippen LogP contribution < -0.4 is 0 Å². The lowest BCUT2D eigenvalue weighted by Crippen LogP contribution is -2.44. The van der Waals surface area contributed by atoms with Crippen molar-refractivity contribution in [1.29, 1.82) is 0 Å². The molecule has 22 heavy (non-hydrogen) atoms. The molecular weight excluding hydrogens is 274 g/mol. The second kappa shape index (κ2) is 5.51. The number of likely N-dealkylation sites (tertiary alicyclic amines) is 1. The summed E-state index contributed by atoms with van der Waals surface area (Å²) in [6.45, 7) is 5.36. The highest BCUT2D eigenvalue weighted by molar-refractivity contribution is 5.25. The highest BCUT2D eigenvalue weighted by Gasteiger charge is 2.34. The average molecular weight is 297 g/mol. The number of aromatic nitrogens is 2. The second-order valence-electron chi connectivity index (χ2n) is 7.06. The van der Waals surface area contributed by atoms with Crippen LogP contribution in [-0.4, -0.2) is 28.1 Å². The van der Waals surface area contributed by atoms with Crippen LogP contribution in [0.1, 0.15) is 55.8 Å². The number of hydrogen-bond acceptors (Lipinski definition) is 4. The van der Waals surface area contributed by atoms with Crippen LogP contribution in [0.4, 0.5) is 0 Å². The quantitative estimate of drug-likeness (QED) is 0.866. The summed E-state index contributed by atoms with van der Waals surface area (Å²) in [7, 11) is 0. The van der Waals surface area contributed by atoms with Crippen molar-refractivity contribution in [2.24, 2.45) is 0 Å². The Bertz CT molecular complexity index is 635. The Balaban J connectivity index is 1.46. The van der Waals surface area contributed by atoms with Crippen molar-refractivity contribution in [3.8, 4) is 0 Å². The smallest absolute Gasteiger partial charge is 0.229 e. The SMILES string of the molecule is C[C@]1(c2ccccc2)CCCN(Cc2noc(C3CC3)n2)C1. The van der Waals surface area contributed by atoms with Crippen molar-refractivity contribution in [3.63, 3.8) is 0 Å². The predicted molar refractivity (Wildman–Crippen MR) is 84.6 cm³/mol. The van der Waals surface area contributed by atoms with Crippen LogP contribution >= 0.6 is 0 Å². The fraction of sp³-hybridized carbons (Fsp3) is 0.556. The Morgan fingerprint density at radius 1 is 1.27 bits per heavy atom. The van der Waals surface area contributed by atoms with Gasteiger partial charge in [0.1, 0.15) is 0 Å². The number of piperidine rings is 1. The lowest BCUT2D eigenvalue weighted by molar-refractivity contribution is 0.145. The molecule has 2 heterocycles. The van der Waals surface area contributed by atoms with Gasteiger partial charge in [-0.15, -0.1) is 0 Å². The van der Waals surface area contributed by atoms with E-state index < -0.39 is 0 Å². The molecular formula is C18H23N3O. The van der Waals surface area contributed by atoms with E-state index >= 15 is 0 Å². The number of rotatable bonds is 4. The van der Waals surface area contributed by atoms with E-state index in [9.17, 15) is 0 Å². The van der Waals surface area contributed by atoms with Gasteiger partial charge in [0.05, 0.1) is 6.54 Å². The number of nitrogens with zero attached hydrogens (tertiary/aromatic N) is 3. The fourth-order valence-electron chi connectivity index (χ4n) is 3.58. The molecule has 1 aromatic heterocycles. The van der Waals surface area contributed by atoms with E-state index in [2.05, 4.69) is 52.3 Å².